The summed E-state index contributed by atoms with van der Waals surface area (Å²) in [4.78, 5) is 0. The van der Waals surface area contributed by atoms with Gasteiger partial charge in [-0.2, -0.15) is 5.10 Å². The maximum absolute atomic E-state index is 6.42. The quantitative estimate of drug-likeness (QED) is 0.685. The van der Waals surface area contributed by atoms with Gasteiger partial charge in [-0.15, -0.1) is 0 Å². The third-order valence-corrected chi connectivity index (χ3v) is 4.89. The Balaban J connectivity index is 1.99. The van der Waals surface area contributed by atoms with Crippen molar-refractivity contribution >= 4 is 23.2 Å². The fourth-order valence-electron chi connectivity index (χ4n) is 3.08. The first kappa shape index (κ1) is 16.5. The van der Waals surface area contributed by atoms with Crippen LogP contribution in [0, 0.1) is 0 Å². The molecule has 4 nitrogen and oxygen atoms in total. The highest BCUT2D eigenvalue weighted by atomic mass is 35.5. The van der Waals surface area contributed by atoms with Crippen LogP contribution in [0.1, 0.15) is 24.6 Å². The lowest BCUT2D eigenvalue weighted by molar-refractivity contribution is 0.317. The number of fused-ring (bicyclic) bond motifs is 1. The lowest BCUT2D eigenvalue weighted by Gasteiger charge is -2.11. The van der Waals surface area contributed by atoms with Gasteiger partial charge in [-0.1, -0.05) is 47.5 Å². The van der Waals surface area contributed by atoms with E-state index in [0.717, 1.165) is 41.2 Å². The molecule has 2 N–H and O–H groups in total. The zero-order chi connectivity index (χ0) is 17.4. The molecule has 0 bridgehead atoms. The molecular weight excluding hydrogens is 357 g/mol. The lowest BCUT2D eigenvalue weighted by Crippen LogP contribution is -2.11. The molecule has 4 rings (SSSR count). The fraction of sp³-hybridized carbons (Fsp3) is 0.211. The average Bonchev–Trinajstić information content (AvgIpc) is 2.89. The number of rotatable bonds is 2. The minimum absolute atomic E-state index is 0.160. The predicted octanol–water partition coefficient (Wildman–Crippen LogP) is 5.02. The van der Waals surface area contributed by atoms with Crippen molar-refractivity contribution in [1.82, 2.24) is 9.78 Å². The van der Waals surface area contributed by atoms with Gasteiger partial charge in [-0.05, 0) is 37.1 Å². The maximum atomic E-state index is 6.42. The van der Waals surface area contributed by atoms with E-state index in [9.17, 15) is 0 Å². The molecule has 128 valence electrons. The van der Waals surface area contributed by atoms with Crippen LogP contribution >= 0.6 is 23.2 Å². The van der Waals surface area contributed by atoms with E-state index in [1.165, 1.54) is 0 Å². The number of nitrogens with zero attached hydrogens (tertiary/aromatic N) is 2. The molecule has 0 saturated heterocycles. The van der Waals surface area contributed by atoms with Crippen molar-refractivity contribution in [2.24, 2.45) is 5.73 Å². The van der Waals surface area contributed by atoms with Gasteiger partial charge in [0.15, 0.2) is 5.75 Å². The van der Waals surface area contributed by atoms with Crippen LogP contribution in [-0.4, -0.2) is 16.4 Å². The highest BCUT2D eigenvalue weighted by Crippen LogP contribution is 2.41. The van der Waals surface area contributed by atoms with Crippen molar-refractivity contribution in [3.63, 3.8) is 0 Å². The Morgan fingerprint density at radius 3 is 2.60 bits per heavy atom. The summed E-state index contributed by atoms with van der Waals surface area (Å²) in [7, 11) is 0. The molecule has 0 spiro atoms. The van der Waals surface area contributed by atoms with Gasteiger partial charge in [0.1, 0.15) is 11.4 Å². The topological polar surface area (TPSA) is 53.1 Å². The van der Waals surface area contributed by atoms with Gasteiger partial charge in [-0.3, -0.25) is 0 Å². The fourth-order valence-corrected chi connectivity index (χ4v) is 3.42. The highest BCUT2D eigenvalue weighted by molar-refractivity contribution is 6.32. The minimum atomic E-state index is -0.160. The normalized spacial score (nSPS) is 16.8. The van der Waals surface area contributed by atoms with E-state index in [-0.39, 0.29) is 6.04 Å². The lowest BCUT2D eigenvalue weighted by atomic mass is 10.1. The smallest absolute Gasteiger partial charge is 0.170 e. The number of para-hydroxylation sites is 1. The predicted molar refractivity (Wildman–Crippen MR) is 101 cm³/mol. The van der Waals surface area contributed by atoms with Crippen LogP contribution in [0.5, 0.6) is 5.75 Å². The zero-order valence-electron chi connectivity index (χ0n) is 13.5. The number of halogens is 2. The molecule has 1 aliphatic heterocycles. The summed E-state index contributed by atoms with van der Waals surface area (Å²) < 4.78 is 7.86. The van der Waals surface area contributed by atoms with Crippen molar-refractivity contribution in [1.29, 1.82) is 0 Å². The van der Waals surface area contributed by atoms with Crippen LogP contribution < -0.4 is 10.5 Å². The molecule has 1 aromatic heterocycles. The summed E-state index contributed by atoms with van der Waals surface area (Å²) in [6, 6.07) is 15.0. The van der Waals surface area contributed by atoms with Gasteiger partial charge >= 0.3 is 0 Å². The molecule has 1 atom stereocenters. The summed E-state index contributed by atoms with van der Waals surface area (Å²) in [5, 5.41) is 6.06. The summed E-state index contributed by atoms with van der Waals surface area (Å²) >= 11 is 12.5. The minimum Gasteiger partial charge on any atom is -0.489 e. The molecule has 0 saturated carbocycles. The number of nitrogens with two attached hydrogens (primary N) is 1. The average molecular weight is 374 g/mol. The first-order valence-electron chi connectivity index (χ1n) is 8.17. The second-order valence-electron chi connectivity index (χ2n) is 6.03. The summed E-state index contributed by atoms with van der Waals surface area (Å²) in [6.07, 6.45) is 1.75. The number of hydrogen-bond acceptors (Lipinski definition) is 3. The first-order chi connectivity index (χ1) is 12.1. The molecule has 0 aliphatic carbocycles. The third-order valence-electron chi connectivity index (χ3n) is 4.32. The van der Waals surface area contributed by atoms with Gasteiger partial charge in [0.25, 0.3) is 0 Å². The molecule has 2 heterocycles. The summed E-state index contributed by atoms with van der Waals surface area (Å²) in [6.45, 7) is 0.621. The van der Waals surface area contributed by atoms with E-state index in [2.05, 4.69) is 0 Å². The monoisotopic (exact) mass is 373 g/mol. The van der Waals surface area contributed by atoms with Crippen molar-refractivity contribution in [2.45, 2.75) is 18.9 Å². The van der Waals surface area contributed by atoms with E-state index in [1.54, 1.807) is 0 Å². The summed E-state index contributed by atoms with van der Waals surface area (Å²) in [5.41, 5.74) is 9.69. The van der Waals surface area contributed by atoms with Crippen molar-refractivity contribution in [3.8, 4) is 22.7 Å². The first-order valence-corrected chi connectivity index (χ1v) is 8.93. The Labute approximate surface area is 156 Å². The molecule has 2 aromatic carbocycles. The Kier molecular flexibility index (Phi) is 4.42. The third kappa shape index (κ3) is 3.01. The van der Waals surface area contributed by atoms with Crippen LogP contribution in [-0.2, 0) is 0 Å². The Morgan fingerprint density at radius 1 is 1.08 bits per heavy atom. The van der Waals surface area contributed by atoms with Crippen LogP contribution in [0.4, 0.5) is 0 Å². The molecule has 25 heavy (non-hydrogen) atoms. The number of hydrogen-bond donors (Lipinski definition) is 1. The summed E-state index contributed by atoms with van der Waals surface area (Å²) in [5.74, 6) is 0.729. The van der Waals surface area contributed by atoms with E-state index >= 15 is 0 Å². The molecule has 0 radical (unpaired) electrons. The van der Waals surface area contributed by atoms with E-state index in [1.807, 2.05) is 53.2 Å². The molecular formula is C19H17Cl2N3O. The number of ether oxygens (including phenoxy) is 1. The van der Waals surface area contributed by atoms with Gasteiger partial charge in [-0.25, -0.2) is 4.68 Å². The largest absolute Gasteiger partial charge is 0.489 e. The second-order valence-corrected chi connectivity index (χ2v) is 6.87. The molecule has 1 aliphatic rings. The van der Waals surface area contributed by atoms with Crippen molar-refractivity contribution < 1.29 is 4.74 Å². The van der Waals surface area contributed by atoms with E-state index < -0.39 is 0 Å². The number of aromatic nitrogens is 2. The number of benzene rings is 2. The van der Waals surface area contributed by atoms with Crippen LogP contribution in [0.2, 0.25) is 10.0 Å². The van der Waals surface area contributed by atoms with Crippen LogP contribution in [0.15, 0.2) is 48.5 Å². The Hall–Kier alpha value is -2.01. The molecule has 0 amide bonds. The molecule has 6 heteroatoms. The van der Waals surface area contributed by atoms with Crippen LogP contribution in [0.3, 0.4) is 0 Å². The van der Waals surface area contributed by atoms with Gasteiger partial charge < -0.3 is 10.5 Å². The van der Waals surface area contributed by atoms with Gasteiger partial charge in [0, 0.05) is 10.6 Å². The second kappa shape index (κ2) is 6.71. The maximum Gasteiger partial charge on any atom is 0.170 e. The molecule has 3 aromatic rings. The SMILES string of the molecule is N[C@@H]1CCCOc2c1nn(-c1ccccc1Cl)c2-c1ccc(Cl)cc1. The van der Waals surface area contributed by atoms with E-state index in [0.29, 0.717) is 16.7 Å². The van der Waals surface area contributed by atoms with Crippen molar-refractivity contribution in [2.75, 3.05) is 6.61 Å². The zero-order valence-corrected chi connectivity index (χ0v) is 15.0. The van der Waals surface area contributed by atoms with Crippen LogP contribution in [0.25, 0.3) is 16.9 Å². The highest BCUT2D eigenvalue weighted by Gasteiger charge is 2.28. The standard InChI is InChI=1S/C19H17Cl2N3O/c20-13-9-7-12(8-10-13)18-19-17(15(22)5-3-11-25-19)23-24(18)16-6-2-1-4-14(16)21/h1-2,4,6-10,15H,3,5,11,22H2/t15-/m1/s1. The molecule has 0 fully saturated rings. The Bertz CT molecular complexity index is 906. The Morgan fingerprint density at radius 2 is 1.84 bits per heavy atom. The van der Waals surface area contributed by atoms with Crippen molar-refractivity contribution in [3.05, 3.63) is 64.3 Å². The van der Waals surface area contributed by atoms with E-state index in [4.69, 9.17) is 38.8 Å². The van der Waals surface area contributed by atoms with Gasteiger partial charge in [0.2, 0.25) is 0 Å². The van der Waals surface area contributed by atoms with Gasteiger partial charge in [0.05, 0.1) is 23.4 Å². The molecule has 0 unspecified atom stereocenters.